The van der Waals surface area contributed by atoms with E-state index < -0.39 is 6.04 Å². The van der Waals surface area contributed by atoms with Crippen molar-refractivity contribution >= 4 is 82.9 Å². The molecule has 8 rings (SSSR count). The summed E-state index contributed by atoms with van der Waals surface area (Å²) in [4.78, 5) is 5.15. The van der Waals surface area contributed by atoms with Gasteiger partial charge in [-0.15, -0.1) is 0 Å². The maximum absolute atomic E-state index is 6.72. The van der Waals surface area contributed by atoms with Gasteiger partial charge in [0.15, 0.2) is 0 Å². The van der Waals surface area contributed by atoms with Gasteiger partial charge in [-0.1, -0.05) is 127 Å². The van der Waals surface area contributed by atoms with Gasteiger partial charge in [-0.05, 0) is 51.0 Å². The number of aromatic nitrogens is 2. The number of benzene rings is 6. The third kappa shape index (κ3) is 3.27. The summed E-state index contributed by atoms with van der Waals surface area (Å²) in [5.41, 5.74) is 4.23. The van der Waals surface area contributed by atoms with E-state index in [1.54, 1.807) is 0 Å². The molecule has 2 nitrogen and oxygen atoms in total. The highest BCUT2D eigenvalue weighted by Gasteiger charge is 2.26. The second-order valence-corrected chi connectivity index (χ2v) is 14.4. The first-order valence-corrected chi connectivity index (χ1v) is 15.9. The van der Waals surface area contributed by atoms with Gasteiger partial charge in [0, 0.05) is 22.2 Å². The lowest BCUT2D eigenvalue weighted by atomic mass is 9.99. The molecule has 0 aliphatic carbocycles. The van der Waals surface area contributed by atoms with Crippen LogP contribution in [0.5, 0.6) is 0 Å². The third-order valence-electron chi connectivity index (χ3n) is 7.83. The minimum Gasteiger partial charge on any atom is -0.292 e. The van der Waals surface area contributed by atoms with Crippen LogP contribution in [0, 0.1) is 0 Å². The van der Waals surface area contributed by atoms with Crippen LogP contribution < -0.4 is 15.9 Å². The van der Waals surface area contributed by atoms with E-state index in [4.69, 9.17) is 16.8 Å². The van der Waals surface area contributed by atoms with Gasteiger partial charge < -0.3 is 0 Å². The molecule has 0 N–H and O–H groups in total. The van der Waals surface area contributed by atoms with Crippen molar-refractivity contribution in [3.63, 3.8) is 0 Å². The number of imidazole rings is 1. The van der Waals surface area contributed by atoms with Gasteiger partial charge in [0.1, 0.15) is 5.65 Å². The standard InChI is InChI=1S/C35H23N2PS/c39-38(25-12-3-1-4-13-25,26-14-5-2-6-15-26)27-20-22-29-33(23-27)37-32-18-10-9-17-31(32)36-35(37)30-21-19-24-11-7-8-16-28(24)34(29)30/h1-23H. The number of nitrogens with zero attached hydrogens (tertiary/aromatic N) is 2. The zero-order valence-corrected chi connectivity index (χ0v) is 22.7. The normalized spacial score (nSPS) is 12.2. The van der Waals surface area contributed by atoms with Crippen molar-refractivity contribution in [2.45, 2.75) is 0 Å². The Hall–Kier alpha value is -4.30. The SMILES string of the molecule is S=P(c1ccccc1)(c1ccccc1)c1ccc2c3c4ccccc4ccc3c3nc4ccccc4n3c2c1. The fourth-order valence-corrected chi connectivity index (χ4v) is 9.77. The number of rotatable bonds is 3. The molecule has 2 aromatic heterocycles. The van der Waals surface area contributed by atoms with Crippen molar-refractivity contribution in [3.8, 4) is 0 Å². The van der Waals surface area contributed by atoms with Crippen molar-refractivity contribution in [2.24, 2.45) is 0 Å². The Kier molecular flexibility index (Phi) is 5.00. The van der Waals surface area contributed by atoms with Crippen LogP contribution in [-0.4, -0.2) is 9.38 Å². The van der Waals surface area contributed by atoms with E-state index in [1.165, 1.54) is 37.5 Å². The van der Waals surface area contributed by atoms with Gasteiger partial charge in [-0.25, -0.2) is 4.98 Å². The molecule has 0 amide bonds. The Labute approximate surface area is 231 Å². The van der Waals surface area contributed by atoms with E-state index in [1.807, 2.05) is 0 Å². The zero-order chi connectivity index (χ0) is 26.0. The first-order valence-electron chi connectivity index (χ1n) is 13.1. The monoisotopic (exact) mass is 534 g/mol. The van der Waals surface area contributed by atoms with E-state index in [0.717, 1.165) is 27.6 Å². The second kappa shape index (κ2) is 8.61. The molecule has 0 fully saturated rings. The number of hydrogen-bond donors (Lipinski definition) is 0. The average Bonchev–Trinajstić information content (AvgIpc) is 3.41. The second-order valence-electron chi connectivity index (χ2n) is 9.95. The highest BCUT2D eigenvalue weighted by atomic mass is 32.4. The predicted octanol–water partition coefficient (Wildman–Crippen LogP) is 7.70. The fourth-order valence-electron chi connectivity index (χ4n) is 6.03. The molecule has 0 saturated heterocycles. The highest BCUT2D eigenvalue weighted by Crippen LogP contribution is 2.44. The number of fused-ring (bicyclic) bond motifs is 10. The molecule has 0 unspecified atom stereocenters. The molecule has 0 radical (unpaired) electrons. The van der Waals surface area contributed by atoms with Crippen molar-refractivity contribution in [1.82, 2.24) is 9.38 Å². The summed E-state index contributed by atoms with van der Waals surface area (Å²) >= 11 is 6.72. The van der Waals surface area contributed by atoms with E-state index in [2.05, 4.69) is 144 Å². The molecule has 0 bridgehead atoms. The lowest BCUT2D eigenvalue weighted by molar-refractivity contribution is 1.32. The van der Waals surface area contributed by atoms with Crippen LogP contribution >= 0.6 is 6.04 Å². The average molecular weight is 535 g/mol. The number of hydrogen-bond acceptors (Lipinski definition) is 2. The minimum atomic E-state index is -2.31. The summed E-state index contributed by atoms with van der Waals surface area (Å²) < 4.78 is 2.33. The molecule has 39 heavy (non-hydrogen) atoms. The Morgan fingerprint density at radius 1 is 0.513 bits per heavy atom. The van der Waals surface area contributed by atoms with Crippen LogP contribution in [0.2, 0.25) is 0 Å². The topological polar surface area (TPSA) is 17.3 Å². The molecule has 0 spiro atoms. The quantitative estimate of drug-likeness (QED) is 0.171. The predicted molar refractivity (Wildman–Crippen MR) is 171 cm³/mol. The third-order valence-corrected chi connectivity index (χ3v) is 12.8. The Morgan fingerprint density at radius 2 is 1.15 bits per heavy atom. The zero-order valence-electron chi connectivity index (χ0n) is 21.0. The summed E-state index contributed by atoms with van der Waals surface area (Å²) in [6.07, 6.45) is 0. The Morgan fingerprint density at radius 3 is 1.92 bits per heavy atom. The molecule has 0 saturated carbocycles. The molecule has 0 aliphatic rings. The molecule has 184 valence electrons. The maximum Gasteiger partial charge on any atom is 0.146 e. The van der Waals surface area contributed by atoms with Crippen molar-refractivity contribution < 1.29 is 0 Å². The molecular weight excluding hydrogens is 511 g/mol. The molecule has 0 atom stereocenters. The Bertz CT molecular complexity index is 2210. The van der Waals surface area contributed by atoms with Crippen LogP contribution in [0.25, 0.3) is 49.1 Å². The molecule has 8 aromatic rings. The van der Waals surface area contributed by atoms with E-state index in [9.17, 15) is 0 Å². The van der Waals surface area contributed by atoms with Crippen molar-refractivity contribution in [1.29, 1.82) is 0 Å². The first kappa shape index (κ1) is 22.7. The van der Waals surface area contributed by atoms with E-state index in [0.29, 0.717) is 0 Å². The molecular formula is C35H23N2PS. The molecule has 4 heteroatoms. The van der Waals surface area contributed by atoms with Crippen LogP contribution in [0.1, 0.15) is 0 Å². The molecule has 2 heterocycles. The van der Waals surface area contributed by atoms with Gasteiger partial charge in [-0.2, -0.15) is 0 Å². The van der Waals surface area contributed by atoms with Crippen LogP contribution in [-0.2, 0) is 11.8 Å². The minimum absolute atomic E-state index is 0.981. The summed E-state index contributed by atoms with van der Waals surface area (Å²) in [5, 5.41) is 9.67. The molecule has 0 aliphatic heterocycles. The van der Waals surface area contributed by atoms with Crippen molar-refractivity contribution in [3.05, 3.63) is 140 Å². The van der Waals surface area contributed by atoms with Gasteiger partial charge >= 0.3 is 0 Å². The van der Waals surface area contributed by atoms with Gasteiger partial charge in [0.2, 0.25) is 0 Å². The Balaban J connectivity index is 1.58. The lowest BCUT2D eigenvalue weighted by Crippen LogP contribution is -2.24. The van der Waals surface area contributed by atoms with E-state index in [-0.39, 0.29) is 0 Å². The number of pyridine rings is 1. The van der Waals surface area contributed by atoms with Gasteiger partial charge in [0.25, 0.3) is 0 Å². The van der Waals surface area contributed by atoms with Crippen molar-refractivity contribution in [2.75, 3.05) is 0 Å². The van der Waals surface area contributed by atoms with Crippen LogP contribution in [0.4, 0.5) is 0 Å². The summed E-state index contributed by atoms with van der Waals surface area (Å²) in [6.45, 7) is 0. The summed E-state index contributed by atoms with van der Waals surface area (Å²) in [5.74, 6) is 0. The maximum atomic E-state index is 6.72. The smallest absolute Gasteiger partial charge is 0.146 e. The fraction of sp³-hybridized carbons (Fsp3) is 0. The largest absolute Gasteiger partial charge is 0.292 e. The summed E-state index contributed by atoms with van der Waals surface area (Å²) in [6, 6.07) is 47.4. The van der Waals surface area contributed by atoms with Crippen LogP contribution in [0.15, 0.2) is 140 Å². The molecule has 6 aromatic carbocycles. The van der Waals surface area contributed by atoms with Gasteiger partial charge in [-0.3, -0.25) is 4.40 Å². The van der Waals surface area contributed by atoms with Gasteiger partial charge in [0.05, 0.1) is 16.6 Å². The number of para-hydroxylation sites is 2. The highest BCUT2D eigenvalue weighted by molar-refractivity contribution is 8.25. The first-order chi connectivity index (χ1) is 19.2. The summed E-state index contributed by atoms with van der Waals surface area (Å²) in [7, 11) is 0. The van der Waals surface area contributed by atoms with Crippen LogP contribution in [0.3, 0.4) is 0 Å². The lowest BCUT2D eigenvalue weighted by Gasteiger charge is -2.25. The van der Waals surface area contributed by atoms with E-state index >= 15 is 0 Å².